The van der Waals surface area contributed by atoms with E-state index in [0.29, 0.717) is 0 Å². The van der Waals surface area contributed by atoms with E-state index in [9.17, 15) is 0 Å². The van der Waals surface area contributed by atoms with Gasteiger partial charge < -0.3 is 10.0 Å². The van der Waals surface area contributed by atoms with Crippen LogP contribution in [0.1, 0.15) is 36.3 Å². The number of hydrogen-bond donors (Lipinski definition) is 1. The van der Waals surface area contributed by atoms with Gasteiger partial charge in [-0.15, -0.1) is 0 Å². The van der Waals surface area contributed by atoms with Crippen LogP contribution in [0.2, 0.25) is 0 Å². The molecule has 0 bridgehead atoms. The molecular formula is C12H20N2OS. The molecule has 1 fully saturated rings. The van der Waals surface area contributed by atoms with Crippen molar-refractivity contribution in [1.82, 2.24) is 4.98 Å². The Kier molecular flexibility index (Phi) is 3.82. The molecule has 1 aliphatic carbocycles. The van der Waals surface area contributed by atoms with Crippen LogP contribution in [0.15, 0.2) is 0 Å². The maximum absolute atomic E-state index is 9.15. The molecule has 1 aromatic rings. The van der Waals surface area contributed by atoms with Crippen LogP contribution in [0.3, 0.4) is 0 Å². The predicted octanol–water partition coefficient (Wildman–Crippen LogP) is 2.57. The van der Waals surface area contributed by atoms with Crippen LogP contribution in [0, 0.1) is 12.8 Å². The quantitative estimate of drug-likeness (QED) is 0.878. The Morgan fingerprint density at radius 3 is 2.69 bits per heavy atom. The maximum Gasteiger partial charge on any atom is 0.185 e. The van der Waals surface area contributed by atoms with Gasteiger partial charge in [-0.3, -0.25) is 0 Å². The number of aliphatic hydroxyl groups excluding tert-OH is 1. The molecule has 0 saturated heterocycles. The number of anilines is 1. The van der Waals surface area contributed by atoms with E-state index >= 15 is 0 Å². The Balaban J connectivity index is 1.99. The van der Waals surface area contributed by atoms with Crippen molar-refractivity contribution in [1.29, 1.82) is 0 Å². The van der Waals surface area contributed by atoms with Crippen molar-refractivity contribution in [2.24, 2.45) is 5.92 Å². The van der Waals surface area contributed by atoms with E-state index in [1.54, 1.807) is 11.3 Å². The summed E-state index contributed by atoms with van der Waals surface area (Å²) in [5.41, 5.74) is 0.973. The maximum atomic E-state index is 9.15. The van der Waals surface area contributed by atoms with Gasteiger partial charge in [0.25, 0.3) is 0 Å². The van der Waals surface area contributed by atoms with E-state index in [-0.39, 0.29) is 6.61 Å². The first kappa shape index (κ1) is 11.9. The molecule has 0 radical (unpaired) electrons. The second-order valence-corrected chi connectivity index (χ2v) is 5.76. The fourth-order valence-corrected chi connectivity index (χ4v) is 3.27. The Morgan fingerprint density at radius 2 is 2.12 bits per heavy atom. The van der Waals surface area contributed by atoms with Crippen molar-refractivity contribution in [3.05, 3.63) is 10.6 Å². The average molecular weight is 240 g/mol. The summed E-state index contributed by atoms with van der Waals surface area (Å²) >= 11 is 1.62. The van der Waals surface area contributed by atoms with E-state index < -0.39 is 0 Å². The lowest BCUT2D eigenvalue weighted by molar-refractivity contribution is 0.284. The molecule has 0 amide bonds. The third-order valence-electron chi connectivity index (χ3n) is 3.36. The number of hydrogen-bond acceptors (Lipinski definition) is 4. The molecule has 0 aliphatic heterocycles. The van der Waals surface area contributed by atoms with Crippen molar-refractivity contribution < 1.29 is 5.11 Å². The SMILES string of the molecule is Cc1nc(N(C)CC2CCCC2)sc1CO. The van der Waals surface area contributed by atoms with Crippen LogP contribution in [0.5, 0.6) is 0 Å². The minimum atomic E-state index is 0.112. The Morgan fingerprint density at radius 1 is 1.44 bits per heavy atom. The Labute approximate surface area is 101 Å². The molecule has 1 N–H and O–H groups in total. The molecule has 0 atom stereocenters. The lowest BCUT2D eigenvalue weighted by atomic mass is 10.1. The number of rotatable bonds is 4. The largest absolute Gasteiger partial charge is 0.391 e. The lowest BCUT2D eigenvalue weighted by Gasteiger charge is -2.19. The van der Waals surface area contributed by atoms with Crippen LogP contribution in [0.25, 0.3) is 0 Å². The molecule has 0 unspecified atom stereocenters. The molecule has 4 heteroatoms. The molecule has 1 heterocycles. The normalized spacial score (nSPS) is 16.9. The number of aryl methyl sites for hydroxylation is 1. The number of nitrogens with zero attached hydrogens (tertiary/aromatic N) is 2. The summed E-state index contributed by atoms with van der Waals surface area (Å²) in [5, 5.41) is 10.2. The van der Waals surface area contributed by atoms with Gasteiger partial charge in [0.15, 0.2) is 5.13 Å². The second-order valence-electron chi connectivity index (χ2n) is 4.69. The van der Waals surface area contributed by atoms with Gasteiger partial charge in [-0.1, -0.05) is 24.2 Å². The zero-order valence-corrected chi connectivity index (χ0v) is 10.9. The number of aromatic nitrogens is 1. The van der Waals surface area contributed by atoms with Crippen LogP contribution in [-0.4, -0.2) is 23.7 Å². The van der Waals surface area contributed by atoms with E-state index in [1.807, 2.05) is 6.92 Å². The van der Waals surface area contributed by atoms with Gasteiger partial charge in [0.05, 0.1) is 17.2 Å². The molecule has 90 valence electrons. The van der Waals surface area contributed by atoms with Crippen LogP contribution in [0.4, 0.5) is 5.13 Å². The number of thiazole rings is 1. The molecular weight excluding hydrogens is 220 g/mol. The summed E-state index contributed by atoms with van der Waals surface area (Å²) in [4.78, 5) is 7.74. The summed E-state index contributed by atoms with van der Waals surface area (Å²) in [6, 6.07) is 0. The molecule has 1 saturated carbocycles. The molecule has 1 aromatic heterocycles. The highest BCUT2D eigenvalue weighted by Crippen LogP contribution is 2.29. The van der Waals surface area contributed by atoms with Crippen molar-refractivity contribution in [2.75, 3.05) is 18.5 Å². The van der Waals surface area contributed by atoms with Gasteiger partial charge in [-0.25, -0.2) is 4.98 Å². The highest BCUT2D eigenvalue weighted by Gasteiger charge is 2.19. The standard InChI is InChI=1S/C12H20N2OS/c1-9-11(8-15)16-12(13-9)14(2)7-10-5-3-4-6-10/h10,15H,3-8H2,1-2H3. The lowest BCUT2D eigenvalue weighted by Crippen LogP contribution is -2.23. The van der Waals surface area contributed by atoms with Crippen molar-refractivity contribution in [2.45, 2.75) is 39.2 Å². The van der Waals surface area contributed by atoms with E-state index in [1.165, 1.54) is 25.7 Å². The van der Waals surface area contributed by atoms with Crippen molar-refractivity contribution in [3.8, 4) is 0 Å². The monoisotopic (exact) mass is 240 g/mol. The van der Waals surface area contributed by atoms with Gasteiger partial charge in [0.1, 0.15) is 0 Å². The Hall–Kier alpha value is -0.610. The van der Waals surface area contributed by atoms with Gasteiger partial charge in [0.2, 0.25) is 0 Å². The third kappa shape index (κ3) is 2.55. The summed E-state index contributed by atoms with van der Waals surface area (Å²) in [6.45, 7) is 3.19. The topological polar surface area (TPSA) is 36.4 Å². The highest BCUT2D eigenvalue weighted by atomic mass is 32.1. The fourth-order valence-electron chi connectivity index (χ4n) is 2.38. The second kappa shape index (κ2) is 5.15. The zero-order valence-electron chi connectivity index (χ0n) is 10.1. The minimum Gasteiger partial charge on any atom is -0.391 e. The van der Waals surface area contributed by atoms with Gasteiger partial charge in [0, 0.05) is 13.6 Å². The summed E-state index contributed by atoms with van der Waals surface area (Å²) in [7, 11) is 2.11. The van der Waals surface area contributed by atoms with E-state index in [2.05, 4.69) is 16.9 Å². The summed E-state index contributed by atoms with van der Waals surface area (Å²) in [5.74, 6) is 0.840. The summed E-state index contributed by atoms with van der Waals surface area (Å²) in [6.07, 6.45) is 5.50. The van der Waals surface area contributed by atoms with Crippen LogP contribution in [-0.2, 0) is 6.61 Å². The predicted molar refractivity (Wildman–Crippen MR) is 68.0 cm³/mol. The minimum absolute atomic E-state index is 0.112. The Bertz CT molecular complexity index is 345. The summed E-state index contributed by atoms with van der Waals surface area (Å²) < 4.78 is 0. The van der Waals surface area contributed by atoms with Crippen molar-refractivity contribution in [3.63, 3.8) is 0 Å². The van der Waals surface area contributed by atoms with Gasteiger partial charge >= 0.3 is 0 Å². The van der Waals surface area contributed by atoms with Gasteiger partial charge in [-0.05, 0) is 25.7 Å². The van der Waals surface area contributed by atoms with E-state index in [0.717, 1.165) is 28.2 Å². The first-order chi connectivity index (χ1) is 7.70. The van der Waals surface area contributed by atoms with Crippen LogP contribution >= 0.6 is 11.3 Å². The first-order valence-electron chi connectivity index (χ1n) is 5.99. The third-order valence-corrected chi connectivity index (χ3v) is 4.61. The van der Waals surface area contributed by atoms with Crippen LogP contribution < -0.4 is 4.90 Å². The zero-order chi connectivity index (χ0) is 11.5. The van der Waals surface area contributed by atoms with E-state index in [4.69, 9.17) is 5.11 Å². The smallest absolute Gasteiger partial charge is 0.185 e. The molecule has 1 aliphatic rings. The first-order valence-corrected chi connectivity index (χ1v) is 6.80. The van der Waals surface area contributed by atoms with Crippen molar-refractivity contribution >= 4 is 16.5 Å². The molecule has 0 aromatic carbocycles. The number of aliphatic hydroxyl groups is 1. The molecule has 0 spiro atoms. The molecule has 3 nitrogen and oxygen atoms in total. The highest BCUT2D eigenvalue weighted by molar-refractivity contribution is 7.15. The fraction of sp³-hybridized carbons (Fsp3) is 0.750. The average Bonchev–Trinajstić information content (AvgIpc) is 2.87. The molecule has 2 rings (SSSR count). The van der Waals surface area contributed by atoms with Gasteiger partial charge in [-0.2, -0.15) is 0 Å². The molecule has 16 heavy (non-hydrogen) atoms.